The predicted molar refractivity (Wildman–Crippen MR) is 99.6 cm³/mol. The van der Waals surface area contributed by atoms with Gasteiger partial charge in [-0.1, -0.05) is 12.1 Å². The van der Waals surface area contributed by atoms with Crippen molar-refractivity contribution in [1.82, 2.24) is 4.98 Å². The van der Waals surface area contributed by atoms with Crippen molar-refractivity contribution in [3.8, 4) is 11.1 Å². The summed E-state index contributed by atoms with van der Waals surface area (Å²) < 4.78 is 32.8. The molecule has 0 amide bonds. The fraction of sp³-hybridized carbons (Fsp3) is 0.368. The maximum Gasteiger partial charge on any atom is 0.355 e. The minimum atomic E-state index is -3.08. The molecule has 2 aromatic rings. The molecular weight excluding hydrogens is 390 g/mol. The molecule has 0 bridgehead atoms. The predicted octanol–water partition coefficient (Wildman–Crippen LogP) is 1.64. The molecule has 1 heterocycles. The van der Waals surface area contributed by atoms with Crippen LogP contribution in [0.2, 0.25) is 0 Å². The minimum Gasteiger partial charge on any atom is -0.461 e. The molecule has 0 unspecified atom stereocenters. The van der Waals surface area contributed by atoms with Crippen molar-refractivity contribution in [2.45, 2.75) is 33.2 Å². The second kappa shape index (κ2) is 10.2. The maximum absolute atomic E-state index is 14.0. The molecule has 0 spiro atoms. The number of nitrogens with zero attached hydrogens (tertiary/aromatic N) is 1. The van der Waals surface area contributed by atoms with Gasteiger partial charge in [-0.15, -0.1) is 0 Å². The van der Waals surface area contributed by atoms with Gasteiger partial charge >= 0.3 is 5.97 Å². The van der Waals surface area contributed by atoms with Crippen LogP contribution in [0, 0.1) is 0 Å². The molecule has 0 radical (unpaired) electrons. The topological polar surface area (TPSA) is 135 Å². The van der Waals surface area contributed by atoms with E-state index in [0.29, 0.717) is 5.56 Å². The first kappa shape index (κ1) is 22.6. The molecule has 0 atom stereocenters. The van der Waals surface area contributed by atoms with Crippen LogP contribution in [0.5, 0.6) is 0 Å². The zero-order chi connectivity index (χ0) is 21.6. The van der Waals surface area contributed by atoms with E-state index in [1.807, 2.05) is 0 Å². The molecular formula is C19H22F2N2O6. The van der Waals surface area contributed by atoms with Crippen molar-refractivity contribution >= 4 is 12.2 Å². The van der Waals surface area contributed by atoms with Gasteiger partial charge in [-0.3, -0.25) is 4.99 Å². The molecule has 0 aliphatic heterocycles. The van der Waals surface area contributed by atoms with Crippen LogP contribution < -0.4 is 0 Å². The monoisotopic (exact) mass is 412 g/mol. The number of ether oxygens (including phenoxy) is 1. The number of hydrogen-bond donors (Lipinski definition) is 5. The Kier molecular flexibility index (Phi) is 7.97. The second-order valence-electron chi connectivity index (χ2n) is 5.88. The van der Waals surface area contributed by atoms with Crippen LogP contribution >= 0.6 is 0 Å². The van der Waals surface area contributed by atoms with Gasteiger partial charge in [-0.2, -0.15) is 0 Å². The van der Waals surface area contributed by atoms with Crippen molar-refractivity contribution < 1.29 is 38.7 Å². The molecule has 8 nitrogen and oxygen atoms in total. The number of aromatic nitrogens is 1. The van der Waals surface area contributed by atoms with Crippen molar-refractivity contribution in [2.24, 2.45) is 4.99 Å². The highest BCUT2D eigenvalue weighted by atomic mass is 19.3. The van der Waals surface area contributed by atoms with E-state index in [2.05, 4.69) is 9.98 Å². The third kappa shape index (κ3) is 4.51. The maximum atomic E-state index is 14.0. The first-order valence-corrected chi connectivity index (χ1v) is 8.73. The van der Waals surface area contributed by atoms with Crippen LogP contribution in [0.15, 0.2) is 17.1 Å². The SMILES string of the molecule is CCOC(=O)c1[nH]c(C=NCO)c(-c2ccc(CO)c(CO)c2CO)c1C(F)F. The zero-order valence-electron chi connectivity index (χ0n) is 15.7. The number of alkyl halides is 2. The van der Waals surface area contributed by atoms with Gasteiger partial charge in [-0.25, -0.2) is 13.6 Å². The molecule has 5 N–H and O–H groups in total. The van der Waals surface area contributed by atoms with Gasteiger partial charge in [0.15, 0.2) is 0 Å². The number of aromatic amines is 1. The van der Waals surface area contributed by atoms with E-state index in [-0.39, 0.29) is 34.6 Å². The summed E-state index contributed by atoms with van der Waals surface area (Å²) in [4.78, 5) is 18.4. The third-order valence-electron chi connectivity index (χ3n) is 4.35. The molecule has 0 aliphatic rings. The number of benzene rings is 1. The Bertz CT molecular complexity index is 895. The lowest BCUT2D eigenvalue weighted by Crippen LogP contribution is -2.09. The van der Waals surface area contributed by atoms with Gasteiger partial charge in [0.2, 0.25) is 0 Å². The summed E-state index contributed by atoms with van der Waals surface area (Å²) in [6.45, 7) is -0.696. The van der Waals surface area contributed by atoms with Gasteiger partial charge in [-0.05, 0) is 29.2 Å². The normalized spacial score (nSPS) is 11.6. The smallest absolute Gasteiger partial charge is 0.355 e. The molecule has 0 aliphatic carbocycles. The number of aliphatic hydroxyl groups excluding tert-OH is 4. The Morgan fingerprint density at radius 2 is 1.86 bits per heavy atom. The Labute approximate surface area is 165 Å². The van der Waals surface area contributed by atoms with E-state index in [9.17, 15) is 28.9 Å². The highest BCUT2D eigenvalue weighted by Gasteiger charge is 2.30. The number of carbonyl (C=O) groups excluding carboxylic acids is 1. The second-order valence-corrected chi connectivity index (χ2v) is 5.88. The van der Waals surface area contributed by atoms with Crippen LogP contribution in [0.3, 0.4) is 0 Å². The van der Waals surface area contributed by atoms with Crippen LogP contribution in [0.1, 0.15) is 51.8 Å². The summed E-state index contributed by atoms with van der Waals surface area (Å²) in [6.07, 6.45) is -2.00. The van der Waals surface area contributed by atoms with E-state index in [1.54, 1.807) is 0 Å². The minimum absolute atomic E-state index is 0.00672. The Balaban J connectivity index is 2.89. The number of aliphatic imine (C=N–C) groups is 1. The van der Waals surface area contributed by atoms with Crippen molar-refractivity contribution in [3.63, 3.8) is 0 Å². The average molecular weight is 412 g/mol. The summed E-state index contributed by atoms with van der Waals surface area (Å²) in [6, 6.07) is 2.83. The first-order chi connectivity index (χ1) is 13.9. The number of halogens is 2. The van der Waals surface area contributed by atoms with Crippen LogP contribution in [0.25, 0.3) is 11.1 Å². The Hall–Kier alpha value is -2.66. The van der Waals surface area contributed by atoms with E-state index < -0.39 is 50.2 Å². The summed E-state index contributed by atoms with van der Waals surface area (Å²) in [7, 11) is 0. The zero-order valence-corrected chi connectivity index (χ0v) is 15.7. The van der Waals surface area contributed by atoms with Gasteiger partial charge in [0, 0.05) is 11.8 Å². The standard InChI is InChI=1S/C19H22F2N2O6/c1-2-29-19(28)17-16(18(20)21)15(14(23-17)5-22-9-27)11-4-3-10(6-24)12(7-25)13(11)8-26/h3-5,18,23-27H,2,6-9H2,1H3. The quantitative estimate of drug-likeness (QED) is 0.314. The van der Waals surface area contributed by atoms with Crippen molar-refractivity contribution in [2.75, 3.05) is 13.3 Å². The molecule has 0 fully saturated rings. The van der Waals surface area contributed by atoms with Gasteiger partial charge in [0.25, 0.3) is 6.43 Å². The van der Waals surface area contributed by atoms with Crippen LogP contribution in [0.4, 0.5) is 8.78 Å². The number of carbonyl (C=O) groups is 1. The van der Waals surface area contributed by atoms with Crippen LogP contribution in [-0.2, 0) is 24.6 Å². The molecule has 2 rings (SSSR count). The number of hydrogen-bond acceptors (Lipinski definition) is 7. The molecule has 10 heteroatoms. The number of H-pyrrole nitrogens is 1. The lowest BCUT2D eigenvalue weighted by molar-refractivity contribution is 0.0509. The molecule has 158 valence electrons. The number of nitrogens with one attached hydrogen (secondary N) is 1. The van der Waals surface area contributed by atoms with E-state index >= 15 is 0 Å². The lowest BCUT2D eigenvalue weighted by atomic mass is 9.90. The van der Waals surface area contributed by atoms with Crippen LogP contribution in [-0.4, -0.2) is 50.9 Å². The fourth-order valence-corrected chi connectivity index (χ4v) is 3.14. The average Bonchev–Trinajstić information content (AvgIpc) is 3.10. The molecule has 1 aromatic heterocycles. The van der Waals surface area contributed by atoms with Crippen molar-refractivity contribution in [3.05, 3.63) is 45.8 Å². The van der Waals surface area contributed by atoms with Crippen molar-refractivity contribution in [1.29, 1.82) is 0 Å². The lowest BCUT2D eigenvalue weighted by Gasteiger charge is -2.17. The van der Waals surface area contributed by atoms with E-state index in [0.717, 1.165) is 6.21 Å². The highest BCUT2D eigenvalue weighted by Crippen LogP contribution is 2.40. The van der Waals surface area contributed by atoms with E-state index in [4.69, 9.17) is 9.84 Å². The van der Waals surface area contributed by atoms with E-state index in [1.165, 1.54) is 19.1 Å². The number of esters is 1. The summed E-state index contributed by atoms with van der Waals surface area (Å²) >= 11 is 0. The Morgan fingerprint density at radius 1 is 1.17 bits per heavy atom. The van der Waals surface area contributed by atoms with Gasteiger partial charge < -0.3 is 30.1 Å². The third-order valence-corrected chi connectivity index (χ3v) is 4.35. The summed E-state index contributed by atoms with van der Waals surface area (Å²) in [5, 5.41) is 37.9. The number of rotatable bonds is 9. The number of aliphatic hydroxyl groups is 4. The Morgan fingerprint density at radius 3 is 2.38 bits per heavy atom. The summed E-state index contributed by atoms with van der Waals surface area (Å²) in [5.74, 6) is -0.993. The molecule has 0 saturated heterocycles. The van der Waals surface area contributed by atoms with Gasteiger partial charge in [0.05, 0.1) is 37.7 Å². The van der Waals surface area contributed by atoms with Gasteiger partial charge in [0.1, 0.15) is 12.4 Å². The largest absolute Gasteiger partial charge is 0.461 e. The fourth-order valence-electron chi connectivity index (χ4n) is 3.14. The molecule has 29 heavy (non-hydrogen) atoms. The summed E-state index contributed by atoms with van der Waals surface area (Å²) in [5.41, 5.74) is -0.502. The molecule has 1 aromatic carbocycles. The first-order valence-electron chi connectivity index (χ1n) is 8.73. The molecule has 0 saturated carbocycles. The highest BCUT2D eigenvalue weighted by molar-refractivity contribution is 5.99.